The highest BCUT2D eigenvalue weighted by Crippen LogP contribution is 2.44. The van der Waals surface area contributed by atoms with Crippen molar-refractivity contribution in [3.63, 3.8) is 0 Å². The van der Waals surface area contributed by atoms with Gasteiger partial charge in [-0.2, -0.15) is 13.2 Å². The molecule has 0 fully saturated rings. The second kappa shape index (κ2) is 5.95. The number of urea groups is 1. The van der Waals surface area contributed by atoms with E-state index in [0.29, 0.717) is 0 Å². The van der Waals surface area contributed by atoms with Gasteiger partial charge in [-0.05, 0) is 17.7 Å². The number of amides is 2. The molecule has 2 aromatic rings. The minimum absolute atomic E-state index is 0.0631. The lowest BCUT2D eigenvalue weighted by atomic mass is 10.2. The van der Waals surface area contributed by atoms with E-state index in [-0.39, 0.29) is 18.0 Å². The van der Waals surface area contributed by atoms with E-state index in [9.17, 15) is 18.0 Å². The molecule has 0 saturated heterocycles. The molecule has 0 atom stereocenters. The van der Waals surface area contributed by atoms with Crippen LogP contribution in [-0.4, -0.2) is 18.1 Å². The lowest BCUT2D eigenvalue weighted by molar-refractivity contribution is -0.317. The lowest BCUT2D eigenvalue weighted by Crippen LogP contribution is -2.66. The largest absolute Gasteiger partial charge is 0.492 e. The van der Waals surface area contributed by atoms with Crippen LogP contribution in [0, 0.1) is 0 Å². The predicted molar refractivity (Wildman–Crippen MR) is 78.3 cm³/mol. The monoisotopic (exact) mass is 338 g/mol. The molecule has 24 heavy (non-hydrogen) atoms. The van der Waals surface area contributed by atoms with Crippen molar-refractivity contribution in [3.05, 3.63) is 60.2 Å². The number of nitrogens with one attached hydrogen (secondary N) is 2. The average molecular weight is 338 g/mol. The fourth-order valence-electron chi connectivity index (χ4n) is 2.16. The Hall–Kier alpha value is -2.90. The summed E-state index contributed by atoms with van der Waals surface area (Å²) in [5.74, 6) is -3.45. The molecule has 2 amide bonds. The summed E-state index contributed by atoms with van der Waals surface area (Å²) in [5.41, 5.74) is 0.741. The number of carbonyl (C=O) groups is 1. The van der Waals surface area contributed by atoms with Gasteiger partial charge in [0, 0.05) is 6.54 Å². The predicted octanol–water partition coefficient (Wildman–Crippen LogP) is 3.17. The average Bonchev–Trinajstić information content (AvgIpc) is 2.93. The molecule has 0 spiro atoms. The van der Waals surface area contributed by atoms with Gasteiger partial charge in [-0.3, -0.25) is 5.32 Å². The second-order valence-electron chi connectivity index (χ2n) is 5.06. The van der Waals surface area contributed by atoms with Gasteiger partial charge in [0.25, 0.3) is 0 Å². The van der Waals surface area contributed by atoms with Crippen LogP contribution in [0.3, 0.4) is 0 Å². The molecule has 2 N–H and O–H groups in total. The third kappa shape index (κ3) is 3.08. The number of carbonyl (C=O) groups excluding carboxylic acids is 1. The first-order valence-electron chi connectivity index (χ1n) is 7.03. The summed E-state index contributed by atoms with van der Waals surface area (Å²) in [6, 6.07) is 13.4. The number of rotatable bonds is 3. The Labute approximate surface area is 135 Å². The van der Waals surface area contributed by atoms with E-state index >= 15 is 0 Å². The van der Waals surface area contributed by atoms with Gasteiger partial charge in [-0.25, -0.2) is 4.79 Å². The summed E-state index contributed by atoms with van der Waals surface area (Å²) in [6.07, 6.45) is -4.98. The minimum atomic E-state index is -4.98. The Morgan fingerprint density at radius 3 is 2.04 bits per heavy atom. The smallest absolute Gasteiger partial charge is 0.424 e. The minimum Gasteiger partial charge on any atom is -0.424 e. The molecule has 1 aliphatic rings. The van der Waals surface area contributed by atoms with Crippen molar-refractivity contribution in [3.8, 4) is 11.5 Å². The zero-order valence-electron chi connectivity index (χ0n) is 12.3. The molecule has 0 radical (unpaired) electrons. The van der Waals surface area contributed by atoms with Crippen LogP contribution in [0.5, 0.6) is 11.5 Å². The fraction of sp³-hybridized carbons (Fsp3) is 0.188. The molecule has 1 aliphatic heterocycles. The van der Waals surface area contributed by atoms with E-state index in [0.717, 1.165) is 5.56 Å². The highest BCUT2D eigenvalue weighted by Gasteiger charge is 2.65. The third-order valence-electron chi connectivity index (χ3n) is 3.30. The number of hydrogen-bond acceptors (Lipinski definition) is 3. The maximum atomic E-state index is 13.4. The molecule has 0 unspecified atom stereocenters. The van der Waals surface area contributed by atoms with E-state index in [1.165, 1.54) is 24.3 Å². The van der Waals surface area contributed by atoms with Gasteiger partial charge in [0.2, 0.25) is 0 Å². The Kier molecular flexibility index (Phi) is 3.96. The molecule has 0 aromatic heterocycles. The molecule has 8 heteroatoms. The molecule has 5 nitrogen and oxygen atoms in total. The Morgan fingerprint density at radius 1 is 0.958 bits per heavy atom. The van der Waals surface area contributed by atoms with Crippen molar-refractivity contribution in [1.29, 1.82) is 0 Å². The molecule has 126 valence electrons. The van der Waals surface area contributed by atoms with Crippen molar-refractivity contribution < 1.29 is 27.4 Å². The summed E-state index contributed by atoms with van der Waals surface area (Å²) in [5, 5.41) is 4.07. The van der Waals surface area contributed by atoms with Crippen molar-refractivity contribution in [2.24, 2.45) is 0 Å². The lowest BCUT2D eigenvalue weighted by Gasteiger charge is -2.29. The molecular formula is C16H13F3N2O3. The van der Waals surface area contributed by atoms with Gasteiger partial charge in [-0.1, -0.05) is 42.5 Å². The molecular weight excluding hydrogens is 325 g/mol. The van der Waals surface area contributed by atoms with Crippen LogP contribution < -0.4 is 20.1 Å². The van der Waals surface area contributed by atoms with Crippen LogP contribution in [0.4, 0.5) is 18.0 Å². The highest BCUT2D eigenvalue weighted by atomic mass is 19.4. The third-order valence-corrected chi connectivity index (χ3v) is 3.30. The van der Waals surface area contributed by atoms with Crippen molar-refractivity contribution in [2.45, 2.75) is 18.6 Å². The number of alkyl halides is 3. The summed E-state index contributed by atoms with van der Waals surface area (Å²) < 4.78 is 50.0. The first kappa shape index (κ1) is 16.0. The van der Waals surface area contributed by atoms with Crippen LogP contribution in [0.2, 0.25) is 0 Å². The summed E-state index contributed by atoms with van der Waals surface area (Å²) in [6.45, 7) is 0.0631. The van der Waals surface area contributed by atoms with Gasteiger partial charge >= 0.3 is 18.1 Å². The summed E-state index contributed by atoms with van der Waals surface area (Å²) in [4.78, 5) is 11.9. The van der Waals surface area contributed by atoms with Crippen LogP contribution in [0.1, 0.15) is 5.56 Å². The van der Waals surface area contributed by atoms with Gasteiger partial charge in [-0.15, -0.1) is 0 Å². The number of hydrogen-bond donors (Lipinski definition) is 2. The molecule has 3 rings (SSSR count). The highest BCUT2D eigenvalue weighted by molar-refractivity contribution is 5.74. The number of ether oxygens (including phenoxy) is 2. The topological polar surface area (TPSA) is 59.6 Å². The van der Waals surface area contributed by atoms with Crippen molar-refractivity contribution >= 4 is 6.03 Å². The van der Waals surface area contributed by atoms with Crippen LogP contribution in [0.25, 0.3) is 0 Å². The molecule has 2 aromatic carbocycles. The maximum absolute atomic E-state index is 13.4. The van der Waals surface area contributed by atoms with E-state index < -0.39 is 18.1 Å². The van der Waals surface area contributed by atoms with E-state index in [1.807, 2.05) is 0 Å². The maximum Gasteiger partial charge on any atom is 0.492 e. The van der Waals surface area contributed by atoms with Gasteiger partial charge in [0.15, 0.2) is 11.5 Å². The van der Waals surface area contributed by atoms with Crippen LogP contribution in [-0.2, 0) is 6.54 Å². The van der Waals surface area contributed by atoms with Crippen LogP contribution >= 0.6 is 0 Å². The normalized spacial score (nSPS) is 15.0. The van der Waals surface area contributed by atoms with E-state index in [4.69, 9.17) is 9.47 Å². The Morgan fingerprint density at radius 2 is 1.50 bits per heavy atom. The van der Waals surface area contributed by atoms with Gasteiger partial charge in [0.1, 0.15) is 0 Å². The van der Waals surface area contributed by atoms with Gasteiger partial charge in [0.05, 0.1) is 0 Å². The van der Waals surface area contributed by atoms with E-state index in [2.05, 4.69) is 5.32 Å². The Balaban J connectivity index is 1.71. The number of halogens is 3. The van der Waals surface area contributed by atoms with Gasteiger partial charge < -0.3 is 14.8 Å². The molecule has 0 bridgehead atoms. The standard InChI is InChI=1S/C16H13F3N2O3/c17-15(18,19)16(23-12-8-4-5-9-13(12)24-16)21-14(22)20-10-11-6-2-1-3-7-11/h1-9H,10H2,(H2,20,21,22). The fourth-order valence-corrected chi connectivity index (χ4v) is 2.16. The Bertz CT molecular complexity index is 710. The molecule has 1 heterocycles. The second-order valence-corrected chi connectivity index (χ2v) is 5.06. The SMILES string of the molecule is O=C(NCc1ccccc1)NC1(C(F)(F)F)Oc2ccccc2O1. The number of fused-ring (bicyclic) bond motifs is 1. The number of para-hydroxylation sites is 2. The van der Waals surface area contributed by atoms with E-state index in [1.54, 1.807) is 35.6 Å². The first-order chi connectivity index (χ1) is 11.4. The van der Waals surface area contributed by atoms with Crippen LogP contribution in [0.15, 0.2) is 54.6 Å². The molecule has 0 saturated carbocycles. The quantitative estimate of drug-likeness (QED) is 0.904. The van der Waals surface area contributed by atoms with Crippen molar-refractivity contribution in [2.75, 3.05) is 0 Å². The zero-order chi connectivity index (χ0) is 17.2. The first-order valence-corrected chi connectivity index (χ1v) is 7.03. The van der Waals surface area contributed by atoms with Crippen molar-refractivity contribution in [1.82, 2.24) is 10.6 Å². The summed E-state index contributed by atoms with van der Waals surface area (Å²) >= 11 is 0. The summed E-state index contributed by atoms with van der Waals surface area (Å²) in [7, 11) is 0. The molecule has 0 aliphatic carbocycles. The zero-order valence-corrected chi connectivity index (χ0v) is 12.3. The number of benzene rings is 2.